The third-order valence-electron chi connectivity index (χ3n) is 2.06. The summed E-state index contributed by atoms with van der Waals surface area (Å²) < 4.78 is 14.9. The van der Waals surface area contributed by atoms with Crippen LogP contribution in [0.4, 0.5) is 4.39 Å². The fraction of sp³-hybridized carbons (Fsp3) is 0.200. The van der Waals surface area contributed by atoms with E-state index < -0.39 is 6.17 Å². The molecule has 0 radical (unpaired) electrons. The molecule has 0 aliphatic carbocycles. The molecule has 0 aliphatic rings. The highest BCUT2D eigenvalue weighted by Crippen LogP contribution is 2.16. The van der Waals surface area contributed by atoms with E-state index in [1.165, 1.54) is 11.0 Å². The fourth-order valence-corrected chi connectivity index (χ4v) is 1.34. The third-order valence-corrected chi connectivity index (χ3v) is 2.06. The molecular weight excluding hydrogens is 195 g/mol. The number of nitrogens with zero attached hydrogens (tertiary/aromatic N) is 3. The van der Waals surface area contributed by atoms with Gasteiger partial charge in [0.2, 0.25) is 0 Å². The van der Waals surface area contributed by atoms with E-state index in [0.29, 0.717) is 0 Å². The Morgan fingerprint density at radius 1 is 1.33 bits per heavy atom. The Kier molecular flexibility index (Phi) is 2.73. The van der Waals surface area contributed by atoms with Crippen molar-refractivity contribution in [2.75, 3.05) is 6.54 Å². The van der Waals surface area contributed by atoms with E-state index in [4.69, 9.17) is 5.73 Å². The van der Waals surface area contributed by atoms with Crippen LogP contribution in [0.5, 0.6) is 0 Å². The molecule has 0 spiro atoms. The Morgan fingerprint density at radius 2 is 2.07 bits per heavy atom. The van der Waals surface area contributed by atoms with Crippen LogP contribution in [0.1, 0.15) is 12.0 Å². The summed E-state index contributed by atoms with van der Waals surface area (Å²) in [6, 6.07) is 9.27. The maximum atomic E-state index is 13.4. The zero-order valence-corrected chi connectivity index (χ0v) is 8.05. The Bertz CT molecular complexity index is 426. The van der Waals surface area contributed by atoms with E-state index in [-0.39, 0.29) is 12.4 Å². The molecule has 0 fully saturated rings. The standard InChI is InChI=1S/C10H11FN4/c11-9(6-12)10-13-7-14-15(10)8-4-2-1-3-5-8/h1-5,7,9H,6,12H2. The van der Waals surface area contributed by atoms with E-state index in [9.17, 15) is 4.39 Å². The zero-order chi connectivity index (χ0) is 10.7. The number of halogens is 1. The summed E-state index contributed by atoms with van der Waals surface area (Å²) >= 11 is 0. The number of nitrogens with two attached hydrogens (primary N) is 1. The van der Waals surface area contributed by atoms with Crippen molar-refractivity contribution in [3.63, 3.8) is 0 Å². The Morgan fingerprint density at radius 3 is 2.73 bits per heavy atom. The van der Waals surface area contributed by atoms with Gasteiger partial charge in [-0.1, -0.05) is 18.2 Å². The van der Waals surface area contributed by atoms with Crippen LogP contribution in [0.25, 0.3) is 5.69 Å². The minimum Gasteiger partial charge on any atom is -0.327 e. The first-order chi connectivity index (χ1) is 7.33. The number of aromatic nitrogens is 3. The van der Waals surface area contributed by atoms with Crippen molar-refractivity contribution in [2.45, 2.75) is 6.17 Å². The van der Waals surface area contributed by atoms with Gasteiger partial charge in [-0.3, -0.25) is 0 Å². The number of alkyl halides is 1. The van der Waals surface area contributed by atoms with Crippen molar-refractivity contribution in [1.29, 1.82) is 0 Å². The first-order valence-corrected chi connectivity index (χ1v) is 4.62. The molecule has 2 aromatic rings. The van der Waals surface area contributed by atoms with Gasteiger partial charge in [0.15, 0.2) is 12.0 Å². The first kappa shape index (κ1) is 9.79. The molecule has 2 rings (SSSR count). The molecule has 1 atom stereocenters. The average Bonchev–Trinajstić information content (AvgIpc) is 2.78. The molecule has 2 N–H and O–H groups in total. The van der Waals surface area contributed by atoms with Crippen molar-refractivity contribution in [3.8, 4) is 5.69 Å². The topological polar surface area (TPSA) is 56.7 Å². The Labute approximate surface area is 86.6 Å². The van der Waals surface area contributed by atoms with Crippen LogP contribution < -0.4 is 5.73 Å². The molecule has 0 aliphatic heterocycles. The number of rotatable bonds is 3. The Balaban J connectivity index is 2.41. The highest BCUT2D eigenvalue weighted by molar-refractivity contribution is 5.31. The van der Waals surface area contributed by atoms with Crippen molar-refractivity contribution in [2.24, 2.45) is 5.73 Å². The fourth-order valence-electron chi connectivity index (χ4n) is 1.34. The Hall–Kier alpha value is -1.75. The SMILES string of the molecule is NCC(F)c1ncnn1-c1ccccc1. The molecule has 0 saturated heterocycles. The van der Waals surface area contributed by atoms with E-state index in [2.05, 4.69) is 10.1 Å². The predicted octanol–water partition coefficient (Wildman–Crippen LogP) is 1.24. The van der Waals surface area contributed by atoms with Crippen LogP contribution in [0.3, 0.4) is 0 Å². The number of hydrogen-bond donors (Lipinski definition) is 1. The predicted molar refractivity (Wildman–Crippen MR) is 54.3 cm³/mol. The molecule has 0 amide bonds. The molecule has 1 aromatic carbocycles. The van der Waals surface area contributed by atoms with E-state index in [1.54, 1.807) is 0 Å². The summed E-state index contributed by atoms with van der Waals surface area (Å²) in [7, 11) is 0. The number of para-hydroxylation sites is 1. The maximum Gasteiger partial charge on any atom is 0.172 e. The monoisotopic (exact) mass is 206 g/mol. The van der Waals surface area contributed by atoms with Gasteiger partial charge in [-0.2, -0.15) is 5.10 Å². The number of benzene rings is 1. The van der Waals surface area contributed by atoms with Crippen molar-refractivity contribution in [3.05, 3.63) is 42.5 Å². The minimum atomic E-state index is -1.28. The van der Waals surface area contributed by atoms with Gasteiger partial charge in [0.05, 0.1) is 5.69 Å². The van der Waals surface area contributed by atoms with Gasteiger partial charge in [0.1, 0.15) is 6.33 Å². The minimum absolute atomic E-state index is 0.0917. The molecule has 1 heterocycles. The lowest BCUT2D eigenvalue weighted by Gasteiger charge is -2.07. The van der Waals surface area contributed by atoms with Crippen LogP contribution in [0.15, 0.2) is 36.7 Å². The summed E-state index contributed by atoms with van der Waals surface area (Å²) in [4.78, 5) is 3.86. The second kappa shape index (κ2) is 4.18. The quantitative estimate of drug-likeness (QED) is 0.821. The molecular formula is C10H11FN4. The van der Waals surface area contributed by atoms with Crippen molar-refractivity contribution in [1.82, 2.24) is 14.8 Å². The zero-order valence-electron chi connectivity index (χ0n) is 8.05. The van der Waals surface area contributed by atoms with Crippen LogP contribution >= 0.6 is 0 Å². The molecule has 0 saturated carbocycles. The summed E-state index contributed by atoms with van der Waals surface area (Å²) in [5.74, 6) is 0.240. The normalized spacial score (nSPS) is 12.7. The lowest BCUT2D eigenvalue weighted by Crippen LogP contribution is -2.13. The first-order valence-electron chi connectivity index (χ1n) is 4.62. The summed E-state index contributed by atoms with van der Waals surface area (Å²) in [5.41, 5.74) is 6.03. The van der Waals surface area contributed by atoms with Crippen LogP contribution in [0, 0.1) is 0 Å². The van der Waals surface area contributed by atoms with Gasteiger partial charge >= 0.3 is 0 Å². The summed E-state index contributed by atoms with van der Waals surface area (Å²) in [6.07, 6.45) is 0.0395. The van der Waals surface area contributed by atoms with Crippen molar-refractivity contribution < 1.29 is 4.39 Å². The molecule has 4 nitrogen and oxygen atoms in total. The third kappa shape index (κ3) is 1.87. The van der Waals surface area contributed by atoms with Crippen LogP contribution in [0.2, 0.25) is 0 Å². The van der Waals surface area contributed by atoms with Crippen molar-refractivity contribution >= 4 is 0 Å². The average molecular weight is 206 g/mol. The van der Waals surface area contributed by atoms with Crippen LogP contribution in [-0.4, -0.2) is 21.3 Å². The van der Waals surface area contributed by atoms with Gasteiger partial charge in [0, 0.05) is 6.54 Å². The summed E-state index contributed by atoms with van der Waals surface area (Å²) in [6.45, 7) is -0.0917. The lowest BCUT2D eigenvalue weighted by molar-refractivity contribution is 0.330. The maximum absolute atomic E-state index is 13.4. The molecule has 78 valence electrons. The molecule has 15 heavy (non-hydrogen) atoms. The van der Waals surface area contributed by atoms with E-state index in [0.717, 1.165) is 5.69 Å². The van der Waals surface area contributed by atoms with Gasteiger partial charge in [-0.05, 0) is 12.1 Å². The molecule has 1 unspecified atom stereocenters. The molecule has 0 bridgehead atoms. The van der Waals surface area contributed by atoms with Gasteiger partial charge in [-0.25, -0.2) is 14.1 Å². The second-order valence-corrected chi connectivity index (χ2v) is 3.07. The van der Waals surface area contributed by atoms with E-state index >= 15 is 0 Å². The lowest BCUT2D eigenvalue weighted by atomic mass is 10.3. The summed E-state index contributed by atoms with van der Waals surface area (Å²) in [5, 5.41) is 3.97. The highest BCUT2D eigenvalue weighted by atomic mass is 19.1. The van der Waals surface area contributed by atoms with Crippen LogP contribution in [-0.2, 0) is 0 Å². The smallest absolute Gasteiger partial charge is 0.172 e. The van der Waals surface area contributed by atoms with Gasteiger partial charge in [-0.15, -0.1) is 0 Å². The number of hydrogen-bond acceptors (Lipinski definition) is 3. The molecule has 5 heteroatoms. The van der Waals surface area contributed by atoms with Gasteiger partial charge < -0.3 is 5.73 Å². The van der Waals surface area contributed by atoms with E-state index in [1.807, 2.05) is 30.3 Å². The highest BCUT2D eigenvalue weighted by Gasteiger charge is 2.15. The second-order valence-electron chi connectivity index (χ2n) is 3.07. The largest absolute Gasteiger partial charge is 0.327 e. The molecule has 1 aromatic heterocycles. The van der Waals surface area contributed by atoms with Gasteiger partial charge in [0.25, 0.3) is 0 Å².